The zero-order valence-electron chi connectivity index (χ0n) is 10.3. The van der Waals surface area contributed by atoms with Crippen molar-refractivity contribution in [1.82, 2.24) is 0 Å². The SMILES string of the molecule is Cc1cscc1CNc1ccc([N+](=O)[O-])c(C)c1. The standard InChI is InChI=1S/C13H14N2O2S/c1-9-5-12(3-4-13(9)15(16)17)14-6-11-8-18-7-10(11)2/h3-5,7-8,14H,6H2,1-2H3. The first-order valence-electron chi connectivity index (χ1n) is 5.58. The van der Waals surface area contributed by atoms with Crippen molar-refractivity contribution in [2.75, 3.05) is 5.32 Å². The first kappa shape index (κ1) is 12.6. The third-order valence-electron chi connectivity index (χ3n) is 2.84. The second-order valence-corrected chi connectivity index (χ2v) is 4.94. The van der Waals surface area contributed by atoms with Crippen LogP contribution in [-0.2, 0) is 6.54 Å². The van der Waals surface area contributed by atoms with E-state index in [-0.39, 0.29) is 10.6 Å². The molecule has 1 heterocycles. The second kappa shape index (κ2) is 5.18. The molecule has 1 N–H and O–H groups in total. The molecule has 0 fully saturated rings. The van der Waals surface area contributed by atoms with Gasteiger partial charge in [-0.15, -0.1) is 0 Å². The number of anilines is 1. The van der Waals surface area contributed by atoms with Gasteiger partial charge in [0.2, 0.25) is 0 Å². The summed E-state index contributed by atoms with van der Waals surface area (Å²) in [5.74, 6) is 0. The predicted octanol–water partition coefficient (Wildman–Crippen LogP) is 3.89. The average molecular weight is 262 g/mol. The summed E-state index contributed by atoms with van der Waals surface area (Å²) in [6, 6.07) is 5.09. The van der Waals surface area contributed by atoms with E-state index >= 15 is 0 Å². The Balaban J connectivity index is 2.09. The minimum absolute atomic E-state index is 0.160. The van der Waals surface area contributed by atoms with Crippen molar-refractivity contribution >= 4 is 22.7 Å². The van der Waals surface area contributed by atoms with Gasteiger partial charge in [0.25, 0.3) is 5.69 Å². The molecule has 18 heavy (non-hydrogen) atoms. The average Bonchev–Trinajstić information content (AvgIpc) is 2.72. The molecule has 0 unspecified atom stereocenters. The van der Waals surface area contributed by atoms with Crippen LogP contribution in [-0.4, -0.2) is 4.92 Å². The third-order valence-corrected chi connectivity index (χ3v) is 3.75. The van der Waals surface area contributed by atoms with Gasteiger partial charge in [0.1, 0.15) is 0 Å². The molecule has 2 rings (SSSR count). The van der Waals surface area contributed by atoms with Crippen molar-refractivity contribution in [3.63, 3.8) is 0 Å². The van der Waals surface area contributed by atoms with Crippen LogP contribution in [0.5, 0.6) is 0 Å². The maximum atomic E-state index is 10.7. The molecule has 0 saturated carbocycles. The molecular formula is C13H14N2O2S. The Hall–Kier alpha value is -1.88. The molecule has 0 amide bonds. The minimum atomic E-state index is -0.359. The van der Waals surface area contributed by atoms with Gasteiger partial charge in [0.15, 0.2) is 0 Å². The maximum Gasteiger partial charge on any atom is 0.272 e. The Morgan fingerprint density at radius 3 is 2.61 bits per heavy atom. The molecule has 0 aliphatic heterocycles. The van der Waals surface area contributed by atoms with E-state index in [1.807, 2.05) is 0 Å². The number of rotatable bonds is 4. The van der Waals surface area contributed by atoms with Gasteiger partial charge in [-0.05, 0) is 47.9 Å². The number of nitro benzene ring substituents is 1. The highest BCUT2D eigenvalue weighted by Gasteiger charge is 2.10. The summed E-state index contributed by atoms with van der Waals surface area (Å²) in [5.41, 5.74) is 4.27. The quantitative estimate of drug-likeness (QED) is 0.672. The molecule has 0 aliphatic rings. The zero-order chi connectivity index (χ0) is 13.1. The molecule has 0 atom stereocenters. The lowest BCUT2D eigenvalue weighted by Gasteiger charge is -2.07. The molecule has 0 aliphatic carbocycles. The molecule has 0 bridgehead atoms. The van der Waals surface area contributed by atoms with E-state index in [9.17, 15) is 10.1 Å². The molecule has 94 valence electrons. The lowest BCUT2D eigenvalue weighted by Crippen LogP contribution is -2.00. The van der Waals surface area contributed by atoms with Crippen LogP contribution < -0.4 is 5.32 Å². The van der Waals surface area contributed by atoms with Gasteiger partial charge in [0, 0.05) is 23.9 Å². The molecule has 2 aromatic rings. The Morgan fingerprint density at radius 1 is 1.28 bits per heavy atom. The molecule has 5 heteroatoms. The van der Waals surface area contributed by atoms with E-state index in [1.165, 1.54) is 17.2 Å². The smallest absolute Gasteiger partial charge is 0.272 e. The van der Waals surface area contributed by atoms with Crippen LogP contribution in [0.3, 0.4) is 0 Å². The first-order chi connectivity index (χ1) is 8.58. The number of nitrogens with zero attached hydrogens (tertiary/aromatic N) is 1. The Labute approximate surface area is 109 Å². The van der Waals surface area contributed by atoms with Gasteiger partial charge < -0.3 is 5.32 Å². The lowest BCUT2D eigenvalue weighted by atomic mass is 10.1. The van der Waals surface area contributed by atoms with Crippen molar-refractivity contribution in [3.05, 3.63) is 55.8 Å². The zero-order valence-corrected chi connectivity index (χ0v) is 11.1. The summed E-state index contributed by atoms with van der Waals surface area (Å²) in [6.45, 7) is 4.57. The normalized spacial score (nSPS) is 10.3. The molecule has 0 radical (unpaired) electrons. The van der Waals surface area contributed by atoms with Crippen LogP contribution >= 0.6 is 11.3 Å². The predicted molar refractivity (Wildman–Crippen MR) is 74.2 cm³/mol. The molecule has 0 saturated heterocycles. The molecule has 4 nitrogen and oxygen atoms in total. The van der Waals surface area contributed by atoms with Gasteiger partial charge in [-0.3, -0.25) is 10.1 Å². The van der Waals surface area contributed by atoms with Gasteiger partial charge in [-0.1, -0.05) is 0 Å². The van der Waals surface area contributed by atoms with E-state index in [0.29, 0.717) is 5.56 Å². The fourth-order valence-electron chi connectivity index (χ4n) is 1.74. The third kappa shape index (κ3) is 2.68. The number of nitro groups is 1. The van der Waals surface area contributed by atoms with Crippen LogP contribution in [0, 0.1) is 24.0 Å². The van der Waals surface area contributed by atoms with Crippen molar-refractivity contribution < 1.29 is 4.92 Å². The van der Waals surface area contributed by atoms with Crippen LogP contribution in [0.15, 0.2) is 29.0 Å². The van der Waals surface area contributed by atoms with Crippen LogP contribution in [0.4, 0.5) is 11.4 Å². The van der Waals surface area contributed by atoms with Crippen molar-refractivity contribution in [2.45, 2.75) is 20.4 Å². The van der Waals surface area contributed by atoms with Crippen molar-refractivity contribution in [1.29, 1.82) is 0 Å². The van der Waals surface area contributed by atoms with Gasteiger partial charge in [0.05, 0.1) is 4.92 Å². The van der Waals surface area contributed by atoms with E-state index < -0.39 is 0 Å². The van der Waals surface area contributed by atoms with Gasteiger partial charge >= 0.3 is 0 Å². The fourth-order valence-corrected chi connectivity index (χ4v) is 2.59. The number of hydrogen-bond acceptors (Lipinski definition) is 4. The highest BCUT2D eigenvalue weighted by atomic mass is 32.1. The monoisotopic (exact) mass is 262 g/mol. The van der Waals surface area contributed by atoms with E-state index in [4.69, 9.17) is 0 Å². The number of thiophene rings is 1. The highest BCUT2D eigenvalue weighted by molar-refractivity contribution is 7.08. The highest BCUT2D eigenvalue weighted by Crippen LogP contribution is 2.22. The summed E-state index contributed by atoms with van der Waals surface area (Å²) in [6.07, 6.45) is 0. The van der Waals surface area contributed by atoms with Crippen molar-refractivity contribution in [3.8, 4) is 0 Å². The summed E-state index contributed by atoms with van der Waals surface area (Å²) in [4.78, 5) is 10.3. The van der Waals surface area contributed by atoms with Crippen molar-refractivity contribution in [2.24, 2.45) is 0 Å². The van der Waals surface area contributed by atoms with Crippen LogP contribution in [0.2, 0.25) is 0 Å². The summed E-state index contributed by atoms with van der Waals surface area (Å²) in [5, 5.41) is 18.2. The van der Waals surface area contributed by atoms with Gasteiger partial charge in [-0.2, -0.15) is 11.3 Å². The molecular weight excluding hydrogens is 248 g/mol. The van der Waals surface area contributed by atoms with E-state index in [1.54, 1.807) is 30.4 Å². The number of benzene rings is 1. The van der Waals surface area contributed by atoms with E-state index in [0.717, 1.165) is 12.2 Å². The Kier molecular flexibility index (Phi) is 3.62. The first-order valence-corrected chi connectivity index (χ1v) is 6.53. The Morgan fingerprint density at radius 2 is 2.06 bits per heavy atom. The second-order valence-electron chi connectivity index (χ2n) is 4.19. The molecule has 0 spiro atoms. The molecule has 1 aromatic carbocycles. The molecule has 1 aromatic heterocycles. The van der Waals surface area contributed by atoms with E-state index in [2.05, 4.69) is 23.0 Å². The van der Waals surface area contributed by atoms with Gasteiger partial charge in [-0.25, -0.2) is 0 Å². The minimum Gasteiger partial charge on any atom is -0.381 e. The summed E-state index contributed by atoms with van der Waals surface area (Å²) >= 11 is 1.68. The number of hydrogen-bond donors (Lipinski definition) is 1. The summed E-state index contributed by atoms with van der Waals surface area (Å²) < 4.78 is 0. The fraction of sp³-hybridized carbons (Fsp3) is 0.231. The number of aryl methyl sites for hydroxylation is 2. The topological polar surface area (TPSA) is 55.2 Å². The maximum absolute atomic E-state index is 10.7. The lowest BCUT2D eigenvalue weighted by molar-refractivity contribution is -0.385. The Bertz CT molecular complexity index is 578. The van der Waals surface area contributed by atoms with Crippen LogP contribution in [0.25, 0.3) is 0 Å². The van der Waals surface area contributed by atoms with Crippen LogP contribution in [0.1, 0.15) is 16.7 Å². The largest absolute Gasteiger partial charge is 0.381 e. The summed E-state index contributed by atoms with van der Waals surface area (Å²) in [7, 11) is 0. The number of nitrogens with one attached hydrogen (secondary N) is 1.